The van der Waals surface area contributed by atoms with Crippen LogP contribution in [0.1, 0.15) is 45.4 Å². The monoisotopic (exact) mass is 288 g/mol. The van der Waals surface area contributed by atoms with Crippen molar-refractivity contribution in [3.05, 3.63) is 22.2 Å². The summed E-state index contributed by atoms with van der Waals surface area (Å²) >= 11 is 12.0. The molecule has 2 rings (SSSR count). The number of halogens is 2. The summed E-state index contributed by atoms with van der Waals surface area (Å²) in [6.07, 6.45) is 4.21. The lowest BCUT2D eigenvalue weighted by Gasteiger charge is -2.38. The fourth-order valence-corrected chi connectivity index (χ4v) is 3.19. The highest BCUT2D eigenvalue weighted by molar-refractivity contribution is 6.33. The molecule has 1 heterocycles. The van der Waals surface area contributed by atoms with E-state index in [1.165, 1.54) is 6.42 Å². The van der Waals surface area contributed by atoms with E-state index >= 15 is 0 Å². The van der Waals surface area contributed by atoms with E-state index in [1.54, 1.807) is 6.07 Å². The smallest absolute Gasteiger partial charge is 0.163 e. The van der Waals surface area contributed by atoms with Crippen LogP contribution in [0.2, 0.25) is 10.3 Å². The molecule has 2 atom stereocenters. The van der Waals surface area contributed by atoms with Crippen molar-refractivity contribution in [1.29, 1.82) is 0 Å². The Bertz CT molecular complexity index is 403. The van der Waals surface area contributed by atoms with E-state index in [0.717, 1.165) is 19.3 Å². The first-order valence-electron chi connectivity index (χ1n) is 6.40. The van der Waals surface area contributed by atoms with Crippen LogP contribution in [0.3, 0.4) is 0 Å². The zero-order valence-electron chi connectivity index (χ0n) is 10.7. The molecule has 0 N–H and O–H groups in total. The molecule has 1 fully saturated rings. The first kappa shape index (κ1) is 14.0. The third-order valence-corrected chi connectivity index (χ3v) is 3.83. The molecule has 1 aliphatic rings. The predicted molar refractivity (Wildman–Crippen MR) is 73.0 cm³/mol. The number of aromatic nitrogens is 2. The third kappa shape index (κ3) is 2.95. The lowest BCUT2D eigenvalue weighted by atomic mass is 9.78. The van der Waals surface area contributed by atoms with Gasteiger partial charge in [-0.25, -0.2) is 9.97 Å². The minimum atomic E-state index is -0.416. The second-order valence-electron chi connectivity index (χ2n) is 4.97. The molecule has 18 heavy (non-hydrogen) atoms. The van der Waals surface area contributed by atoms with Gasteiger partial charge in [0.1, 0.15) is 15.9 Å². The van der Waals surface area contributed by atoms with Gasteiger partial charge in [0.15, 0.2) is 5.82 Å². The molecule has 1 aromatic heterocycles. The van der Waals surface area contributed by atoms with Gasteiger partial charge in [-0.2, -0.15) is 0 Å². The van der Waals surface area contributed by atoms with Crippen LogP contribution in [0.15, 0.2) is 6.07 Å². The van der Waals surface area contributed by atoms with Gasteiger partial charge in [0.25, 0.3) is 0 Å². The summed E-state index contributed by atoms with van der Waals surface area (Å²) in [5.74, 6) is 1.24. The zero-order chi connectivity index (χ0) is 13.2. The Kier molecular flexibility index (Phi) is 4.46. The van der Waals surface area contributed by atoms with Crippen LogP contribution in [0.5, 0.6) is 0 Å². The Labute approximate surface area is 118 Å². The average Bonchev–Trinajstić information content (AvgIpc) is 2.28. The van der Waals surface area contributed by atoms with E-state index in [2.05, 4.69) is 16.9 Å². The average molecular weight is 289 g/mol. The van der Waals surface area contributed by atoms with Crippen molar-refractivity contribution in [2.45, 2.75) is 45.1 Å². The molecule has 0 amide bonds. The first-order chi connectivity index (χ1) is 8.55. The van der Waals surface area contributed by atoms with Gasteiger partial charge in [-0.3, -0.25) is 0 Å². The molecule has 1 aromatic rings. The predicted octanol–water partition coefficient (Wildman–Crippen LogP) is 4.23. The highest BCUT2D eigenvalue weighted by Crippen LogP contribution is 2.42. The Morgan fingerprint density at radius 3 is 2.61 bits per heavy atom. The van der Waals surface area contributed by atoms with Crippen molar-refractivity contribution >= 4 is 23.2 Å². The number of rotatable bonds is 3. The summed E-state index contributed by atoms with van der Waals surface area (Å²) < 4.78 is 5.99. The largest absolute Gasteiger partial charge is 0.367 e. The molecule has 5 heteroatoms. The topological polar surface area (TPSA) is 35.0 Å². The summed E-state index contributed by atoms with van der Waals surface area (Å²) in [5.41, 5.74) is -0.416. The highest BCUT2D eigenvalue weighted by Gasteiger charge is 2.40. The Morgan fingerprint density at radius 2 is 2.06 bits per heavy atom. The van der Waals surface area contributed by atoms with Crippen molar-refractivity contribution < 1.29 is 4.74 Å². The summed E-state index contributed by atoms with van der Waals surface area (Å²) in [6, 6.07) is 1.55. The summed E-state index contributed by atoms with van der Waals surface area (Å²) in [4.78, 5) is 8.66. The van der Waals surface area contributed by atoms with Gasteiger partial charge in [0.05, 0.1) is 0 Å². The van der Waals surface area contributed by atoms with E-state index in [9.17, 15) is 0 Å². The van der Waals surface area contributed by atoms with Gasteiger partial charge in [0, 0.05) is 12.7 Å². The fraction of sp³-hybridized carbons (Fsp3) is 0.692. The summed E-state index contributed by atoms with van der Waals surface area (Å²) in [5, 5.41) is 0.754. The molecule has 0 aliphatic heterocycles. The number of hydrogen-bond acceptors (Lipinski definition) is 3. The van der Waals surface area contributed by atoms with Crippen LogP contribution in [0.4, 0.5) is 0 Å². The molecular formula is C13H18Cl2N2O. The van der Waals surface area contributed by atoms with Crippen molar-refractivity contribution in [3.63, 3.8) is 0 Å². The maximum Gasteiger partial charge on any atom is 0.163 e. The molecule has 100 valence electrons. The lowest BCUT2D eigenvalue weighted by Crippen LogP contribution is -2.37. The van der Waals surface area contributed by atoms with E-state index < -0.39 is 5.60 Å². The maximum atomic E-state index is 5.99. The summed E-state index contributed by atoms with van der Waals surface area (Å²) in [7, 11) is 0. The van der Waals surface area contributed by atoms with E-state index in [1.807, 2.05) is 6.92 Å². The standard InChI is InChI=1S/C13H18Cl2N2O/c1-3-18-13(6-4-5-9(2)8-13)12-16-10(14)7-11(15)17-12/h7,9H,3-6,8H2,1-2H3. The van der Waals surface area contributed by atoms with Crippen molar-refractivity contribution in [3.8, 4) is 0 Å². The van der Waals surface area contributed by atoms with Gasteiger partial charge in [-0.15, -0.1) is 0 Å². The van der Waals surface area contributed by atoms with E-state index in [0.29, 0.717) is 28.7 Å². The van der Waals surface area contributed by atoms with E-state index in [4.69, 9.17) is 27.9 Å². The number of ether oxygens (including phenoxy) is 1. The van der Waals surface area contributed by atoms with E-state index in [-0.39, 0.29) is 0 Å². The minimum Gasteiger partial charge on any atom is -0.367 e. The Balaban J connectivity index is 2.39. The molecule has 0 spiro atoms. The van der Waals surface area contributed by atoms with Crippen LogP contribution >= 0.6 is 23.2 Å². The normalized spacial score (nSPS) is 28.3. The number of hydrogen-bond donors (Lipinski definition) is 0. The number of nitrogens with zero attached hydrogens (tertiary/aromatic N) is 2. The molecule has 1 aliphatic carbocycles. The third-order valence-electron chi connectivity index (χ3n) is 3.45. The van der Waals surface area contributed by atoms with Gasteiger partial charge < -0.3 is 4.74 Å². The Morgan fingerprint density at radius 1 is 1.39 bits per heavy atom. The molecule has 1 saturated carbocycles. The minimum absolute atomic E-state index is 0.377. The maximum absolute atomic E-state index is 5.99. The molecular weight excluding hydrogens is 271 g/mol. The molecule has 2 unspecified atom stereocenters. The van der Waals surface area contributed by atoms with Crippen LogP contribution in [-0.4, -0.2) is 16.6 Å². The van der Waals surface area contributed by atoms with Crippen molar-refractivity contribution in [2.75, 3.05) is 6.61 Å². The molecule has 0 saturated heterocycles. The van der Waals surface area contributed by atoms with Crippen LogP contribution in [-0.2, 0) is 10.3 Å². The Hall–Kier alpha value is -0.380. The van der Waals surface area contributed by atoms with Gasteiger partial charge in [0.2, 0.25) is 0 Å². The zero-order valence-corrected chi connectivity index (χ0v) is 12.3. The summed E-state index contributed by atoms with van der Waals surface area (Å²) in [6.45, 7) is 4.87. The molecule has 3 nitrogen and oxygen atoms in total. The van der Waals surface area contributed by atoms with Gasteiger partial charge in [-0.05, 0) is 32.1 Å². The van der Waals surface area contributed by atoms with Crippen LogP contribution in [0, 0.1) is 5.92 Å². The molecule has 0 aromatic carbocycles. The molecule has 0 radical (unpaired) electrons. The van der Waals surface area contributed by atoms with Gasteiger partial charge >= 0.3 is 0 Å². The van der Waals surface area contributed by atoms with Gasteiger partial charge in [-0.1, -0.05) is 36.5 Å². The van der Waals surface area contributed by atoms with Crippen LogP contribution < -0.4 is 0 Å². The molecule has 0 bridgehead atoms. The highest BCUT2D eigenvalue weighted by atomic mass is 35.5. The quantitative estimate of drug-likeness (QED) is 0.781. The lowest BCUT2D eigenvalue weighted by molar-refractivity contribution is -0.0880. The first-order valence-corrected chi connectivity index (χ1v) is 7.16. The second kappa shape index (κ2) is 5.72. The van der Waals surface area contributed by atoms with Crippen molar-refractivity contribution in [1.82, 2.24) is 9.97 Å². The van der Waals surface area contributed by atoms with Crippen molar-refractivity contribution in [2.24, 2.45) is 5.92 Å². The SMILES string of the molecule is CCOC1(c2nc(Cl)cc(Cl)n2)CCCC(C)C1. The second-order valence-corrected chi connectivity index (χ2v) is 5.74. The fourth-order valence-electron chi connectivity index (χ4n) is 2.77. The van der Waals surface area contributed by atoms with Crippen LogP contribution in [0.25, 0.3) is 0 Å².